The van der Waals surface area contributed by atoms with Crippen LogP contribution in [0.15, 0.2) is 47.4 Å². The van der Waals surface area contributed by atoms with Crippen LogP contribution in [0.3, 0.4) is 0 Å². The lowest BCUT2D eigenvalue weighted by molar-refractivity contribution is -0.116. The van der Waals surface area contributed by atoms with E-state index in [1.807, 2.05) is 0 Å². The normalized spacial score (nSPS) is 11.3. The number of carbonyl (C=O) groups excluding carboxylic acids is 2. The summed E-state index contributed by atoms with van der Waals surface area (Å²) in [4.78, 5) is 23.5. The SMILES string of the molecule is COc1ccc(NC(=O)CCCN(C)S(=O)(=O)c2ccc(C(C)=O)cc2)cc1Cl. The lowest BCUT2D eigenvalue weighted by atomic mass is 10.2. The zero-order valence-electron chi connectivity index (χ0n) is 16.4. The summed E-state index contributed by atoms with van der Waals surface area (Å²) in [5.41, 5.74) is 0.981. The Bertz CT molecular complexity index is 990. The Morgan fingerprint density at radius 1 is 1.14 bits per heavy atom. The number of methoxy groups -OCH3 is 1. The minimum absolute atomic E-state index is 0.0994. The first-order valence-electron chi connectivity index (χ1n) is 8.86. The quantitative estimate of drug-likeness (QED) is 0.604. The molecule has 2 aromatic carbocycles. The van der Waals surface area contributed by atoms with Crippen molar-refractivity contribution < 1.29 is 22.7 Å². The number of nitrogens with zero attached hydrogens (tertiary/aromatic N) is 1. The Balaban J connectivity index is 1.89. The highest BCUT2D eigenvalue weighted by Crippen LogP contribution is 2.27. The molecule has 2 rings (SSSR count). The number of nitrogens with one attached hydrogen (secondary N) is 1. The van der Waals surface area contributed by atoms with Crippen molar-refractivity contribution in [1.82, 2.24) is 4.31 Å². The number of carbonyl (C=O) groups is 2. The molecule has 0 atom stereocenters. The van der Waals surface area contributed by atoms with Crippen LogP contribution >= 0.6 is 11.6 Å². The standard InChI is InChI=1S/C20H23ClN2O5S/c1-14(24)15-6-9-17(10-7-15)29(26,27)23(2)12-4-5-20(25)22-16-8-11-19(28-3)18(21)13-16/h6-11,13H,4-5,12H2,1-3H3,(H,22,25). The van der Waals surface area contributed by atoms with E-state index in [0.717, 1.165) is 0 Å². The van der Waals surface area contributed by atoms with Crippen molar-refractivity contribution in [3.05, 3.63) is 53.1 Å². The first kappa shape index (κ1) is 22.9. The van der Waals surface area contributed by atoms with Gasteiger partial charge in [-0.1, -0.05) is 23.7 Å². The van der Waals surface area contributed by atoms with Crippen molar-refractivity contribution in [3.63, 3.8) is 0 Å². The monoisotopic (exact) mass is 438 g/mol. The molecule has 0 fully saturated rings. The number of amides is 1. The van der Waals surface area contributed by atoms with Crippen LogP contribution in [0, 0.1) is 0 Å². The highest BCUT2D eigenvalue weighted by Gasteiger charge is 2.20. The fourth-order valence-electron chi connectivity index (χ4n) is 2.59. The van der Waals surface area contributed by atoms with E-state index in [2.05, 4.69) is 5.32 Å². The van der Waals surface area contributed by atoms with Gasteiger partial charge in [-0.2, -0.15) is 0 Å². The third kappa shape index (κ3) is 6.03. The maximum atomic E-state index is 12.6. The first-order chi connectivity index (χ1) is 13.6. The second-order valence-electron chi connectivity index (χ2n) is 6.41. The summed E-state index contributed by atoms with van der Waals surface area (Å²) >= 11 is 6.03. The summed E-state index contributed by atoms with van der Waals surface area (Å²) in [5.74, 6) is 0.127. The van der Waals surface area contributed by atoms with E-state index in [0.29, 0.717) is 28.4 Å². The van der Waals surface area contributed by atoms with E-state index < -0.39 is 10.0 Å². The van der Waals surface area contributed by atoms with Gasteiger partial charge >= 0.3 is 0 Å². The predicted molar refractivity (Wildman–Crippen MR) is 112 cm³/mol. The van der Waals surface area contributed by atoms with Crippen molar-refractivity contribution >= 4 is 39.0 Å². The molecule has 1 amide bonds. The number of hydrogen-bond donors (Lipinski definition) is 1. The topological polar surface area (TPSA) is 92.8 Å². The minimum atomic E-state index is -3.69. The summed E-state index contributed by atoms with van der Waals surface area (Å²) in [6.45, 7) is 1.59. The van der Waals surface area contributed by atoms with Gasteiger partial charge in [-0.05, 0) is 43.7 Å². The number of ether oxygens (including phenoxy) is 1. The zero-order chi connectivity index (χ0) is 21.6. The van der Waals surface area contributed by atoms with Crippen LogP contribution in [-0.2, 0) is 14.8 Å². The van der Waals surface area contributed by atoms with E-state index in [-0.39, 0.29) is 29.6 Å². The molecule has 0 heterocycles. The summed E-state index contributed by atoms with van der Waals surface area (Å²) < 4.78 is 31.4. The summed E-state index contributed by atoms with van der Waals surface area (Å²) in [6.07, 6.45) is 0.490. The molecule has 0 bridgehead atoms. The van der Waals surface area contributed by atoms with Crippen LogP contribution in [-0.4, -0.2) is 45.1 Å². The fourth-order valence-corrected chi connectivity index (χ4v) is 4.06. The van der Waals surface area contributed by atoms with Gasteiger partial charge in [-0.3, -0.25) is 9.59 Å². The largest absolute Gasteiger partial charge is 0.495 e. The predicted octanol–water partition coefficient (Wildman–Crippen LogP) is 3.59. The lowest BCUT2D eigenvalue weighted by Gasteiger charge is -2.17. The van der Waals surface area contributed by atoms with Gasteiger partial charge in [-0.15, -0.1) is 0 Å². The van der Waals surface area contributed by atoms with Gasteiger partial charge in [0.05, 0.1) is 17.0 Å². The Labute approximate surface area is 175 Å². The molecular weight excluding hydrogens is 416 g/mol. The van der Waals surface area contributed by atoms with Crippen molar-refractivity contribution in [1.29, 1.82) is 0 Å². The number of anilines is 1. The highest BCUT2D eigenvalue weighted by molar-refractivity contribution is 7.89. The van der Waals surface area contributed by atoms with Crippen LogP contribution in [0.2, 0.25) is 5.02 Å². The van der Waals surface area contributed by atoms with Gasteiger partial charge in [0.2, 0.25) is 15.9 Å². The van der Waals surface area contributed by atoms with Gasteiger partial charge < -0.3 is 10.1 Å². The van der Waals surface area contributed by atoms with Gasteiger partial charge in [0.15, 0.2) is 5.78 Å². The second-order valence-corrected chi connectivity index (χ2v) is 8.86. The van der Waals surface area contributed by atoms with Crippen LogP contribution in [0.4, 0.5) is 5.69 Å². The number of Topliss-reactive ketones (excluding diaryl/α,β-unsaturated/α-hetero) is 1. The maximum absolute atomic E-state index is 12.6. The van der Waals surface area contributed by atoms with Crippen molar-refractivity contribution in [2.45, 2.75) is 24.7 Å². The molecule has 0 aliphatic rings. The summed E-state index contributed by atoms with van der Waals surface area (Å²) in [5, 5.41) is 3.10. The molecule has 9 heteroatoms. The number of ketones is 1. The highest BCUT2D eigenvalue weighted by atomic mass is 35.5. The first-order valence-corrected chi connectivity index (χ1v) is 10.7. The number of rotatable bonds is 9. The van der Waals surface area contributed by atoms with Gasteiger partial charge in [0, 0.05) is 31.3 Å². The molecule has 0 radical (unpaired) electrons. The third-order valence-electron chi connectivity index (χ3n) is 4.28. The molecule has 156 valence electrons. The number of benzene rings is 2. The van der Waals surface area contributed by atoms with Gasteiger partial charge in [-0.25, -0.2) is 12.7 Å². The van der Waals surface area contributed by atoms with Crippen LogP contribution in [0.25, 0.3) is 0 Å². The molecule has 1 N–H and O–H groups in total. The summed E-state index contributed by atoms with van der Waals surface area (Å²) in [7, 11) is -0.737. The van der Waals surface area contributed by atoms with Crippen molar-refractivity contribution in [3.8, 4) is 5.75 Å². The molecule has 0 saturated heterocycles. The molecule has 0 unspecified atom stereocenters. The average Bonchev–Trinajstić information content (AvgIpc) is 2.68. The van der Waals surface area contributed by atoms with Gasteiger partial charge in [0.25, 0.3) is 0 Å². The second kappa shape index (κ2) is 9.87. The maximum Gasteiger partial charge on any atom is 0.242 e. The number of sulfonamides is 1. The number of hydrogen-bond acceptors (Lipinski definition) is 5. The van der Waals surface area contributed by atoms with Crippen molar-refractivity contribution in [2.75, 3.05) is 26.0 Å². The van der Waals surface area contributed by atoms with Crippen LogP contribution in [0.1, 0.15) is 30.1 Å². The lowest BCUT2D eigenvalue weighted by Crippen LogP contribution is -2.28. The Hall–Kier alpha value is -2.42. The van der Waals surface area contributed by atoms with E-state index in [9.17, 15) is 18.0 Å². The molecule has 0 saturated carbocycles. The zero-order valence-corrected chi connectivity index (χ0v) is 18.0. The van der Waals surface area contributed by atoms with Crippen LogP contribution in [0.5, 0.6) is 5.75 Å². The molecule has 0 spiro atoms. The number of halogens is 1. The summed E-state index contributed by atoms with van der Waals surface area (Å²) in [6, 6.07) is 10.7. The van der Waals surface area contributed by atoms with E-state index in [4.69, 9.17) is 16.3 Å². The van der Waals surface area contributed by atoms with Crippen LogP contribution < -0.4 is 10.1 Å². The van der Waals surface area contributed by atoms with E-state index in [1.54, 1.807) is 18.2 Å². The Morgan fingerprint density at radius 2 is 1.79 bits per heavy atom. The van der Waals surface area contributed by atoms with Gasteiger partial charge in [0.1, 0.15) is 5.75 Å². The molecule has 29 heavy (non-hydrogen) atoms. The average molecular weight is 439 g/mol. The Morgan fingerprint density at radius 3 is 2.34 bits per heavy atom. The fraction of sp³-hybridized carbons (Fsp3) is 0.300. The molecule has 2 aromatic rings. The van der Waals surface area contributed by atoms with E-state index >= 15 is 0 Å². The van der Waals surface area contributed by atoms with Crippen molar-refractivity contribution in [2.24, 2.45) is 0 Å². The molecule has 0 aliphatic carbocycles. The molecule has 0 aliphatic heterocycles. The molecular formula is C20H23ClN2O5S. The third-order valence-corrected chi connectivity index (χ3v) is 6.45. The molecule has 7 nitrogen and oxygen atoms in total. The Kier molecular flexibility index (Phi) is 7.78. The molecule has 0 aromatic heterocycles. The smallest absolute Gasteiger partial charge is 0.242 e. The minimum Gasteiger partial charge on any atom is -0.495 e. The van der Waals surface area contributed by atoms with E-state index in [1.165, 1.54) is 49.7 Å².